The fourth-order valence-corrected chi connectivity index (χ4v) is 3.18. The van der Waals surface area contributed by atoms with Crippen molar-refractivity contribution in [3.05, 3.63) is 57.1 Å². The Morgan fingerprint density at radius 2 is 2.29 bits per heavy atom. The van der Waals surface area contributed by atoms with Crippen molar-refractivity contribution in [3.63, 3.8) is 0 Å². The molecule has 0 saturated heterocycles. The van der Waals surface area contributed by atoms with E-state index in [1.54, 1.807) is 12.1 Å². The first kappa shape index (κ1) is 14.0. The Labute approximate surface area is 131 Å². The van der Waals surface area contributed by atoms with Gasteiger partial charge in [-0.25, -0.2) is 4.39 Å². The molecule has 3 rings (SSSR count). The lowest BCUT2D eigenvalue weighted by molar-refractivity contribution is 0.620. The number of aliphatic imine (C=N–C) groups is 1. The van der Waals surface area contributed by atoms with E-state index in [1.807, 2.05) is 13.1 Å². The van der Waals surface area contributed by atoms with E-state index in [9.17, 15) is 9.65 Å². The number of hydrogen-bond donors (Lipinski definition) is 1. The Balaban J connectivity index is 2.18. The molecule has 0 amide bonds. The molecule has 0 aromatic heterocycles. The predicted octanol–water partition coefficient (Wildman–Crippen LogP) is 3.80. The normalized spacial score (nSPS) is 21.0. The van der Waals surface area contributed by atoms with Gasteiger partial charge in [-0.05, 0) is 40.5 Å². The van der Waals surface area contributed by atoms with Crippen LogP contribution in [-0.2, 0) is 0 Å². The van der Waals surface area contributed by atoms with Crippen molar-refractivity contribution in [1.82, 2.24) is 5.32 Å². The van der Waals surface area contributed by atoms with Crippen LogP contribution in [0.5, 0.6) is 0 Å². The van der Waals surface area contributed by atoms with Crippen LogP contribution in [0, 0.1) is 17.1 Å². The topological polar surface area (TPSA) is 48.2 Å². The molecule has 1 aromatic carbocycles. The lowest BCUT2D eigenvalue weighted by atomic mass is 9.79. The van der Waals surface area contributed by atoms with E-state index < -0.39 is 0 Å². The Morgan fingerprint density at radius 1 is 1.48 bits per heavy atom. The summed E-state index contributed by atoms with van der Waals surface area (Å²) in [5.41, 5.74) is 4.27. The molecule has 0 fully saturated rings. The molecule has 0 radical (unpaired) electrons. The fourth-order valence-electron chi connectivity index (χ4n) is 2.78. The number of hydrogen-bond acceptors (Lipinski definition) is 3. The number of nitrogens with one attached hydrogen (secondary N) is 1. The van der Waals surface area contributed by atoms with Crippen LogP contribution >= 0.6 is 15.9 Å². The van der Waals surface area contributed by atoms with Gasteiger partial charge in [-0.3, -0.25) is 4.99 Å². The monoisotopic (exact) mass is 345 g/mol. The fraction of sp³-hybridized carbons (Fsp3) is 0.250. The zero-order chi connectivity index (χ0) is 15.0. The lowest BCUT2D eigenvalue weighted by Crippen LogP contribution is -2.28. The van der Waals surface area contributed by atoms with E-state index in [0.717, 1.165) is 35.5 Å². The second kappa shape index (κ2) is 5.45. The number of allylic oxidation sites excluding steroid dienone is 3. The SMILES string of the molecule is CC1=C(C#N)C(c2ccc(F)c(Br)c2)C2=CNCCC2=N1. The molecule has 1 atom stereocenters. The second-order valence-corrected chi connectivity index (χ2v) is 5.93. The summed E-state index contributed by atoms with van der Waals surface area (Å²) in [7, 11) is 0. The molecule has 5 heteroatoms. The Morgan fingerprint density at radius 3 is 3.00 bits per heavy atom. The first-order chi connectivity index (χ1) is 10.1. The number of halogens is 2. The maximum Gasteiger partial charge on any atom is 0.137 e. The Hall–Kier alpha value is -1.93. The summed E-state index contributed by atoms with van der Waals surface area (Å²) in [4.78, 5) is 4.55. The number of rotatable bonds is 1. The molecule has 0 spiro atoms. The summed E-state index contributed by atoms with van der Waals surface area (Å²) in [6, 6.07) is 7.16. The molecular weight excluding hydrogens is 333 g/mol. The minimum atomic E-state index is -0.307. The molecule has 0 bridgehead atoms. The standard InChI is InChI=1S/C16H13BrFN3/c1-9-11(7-19)16(10-2-3-14(18)13(17)6-10)12-8-20-5-4-15(12)21-9/h2-3,6,8,16,20H,4-5H2,1H3. The van der Waals surface area contributed by atoms with E-state index in [4.69, 9.17) is 0 Å². The quantitative estimate of drug-likeness (QED) is 0.841. The van der Waals surface area contributed by atoms with E-state index in [1.165, 1.54) is 6.07 Å². The number of nitriles is 1. The van der Waals surface area contributed by atoms with Gasteiger partial charge >= 0.3 is 0 Å². The average molecular weight is 346 g/mol. The van der Waals surface area contributed by atoms with Gasteiger partial charge in [0, 0.05) is 36.4 Å². The van der Waals surface area contributed by atoms with Gasteiger partial charge < -0.3 is 5.32 Å². The first-order valence-corrected chi connectivity index (χ1v) is 7.48. The van der Waals surface area contributed by atoms with Crippen LogP contribution in [0.15, 0.2) is 50.7 Å². The summed E-state index contributed by atoms with van der Waals surface area (Å²) in [6.07, 6.45) is 2.76. The van der Waals surface area contributed by atoms with Crippen molar-refractivity contribution in [3.8, 4) is 6.07 Å². The van der Waals surface area contributed by atoms with Crippen molar-refractivity contribution in [2.24, 2.45) is 4.99 Å². The lowest BCUT2D eigenvalue weighted by Gasteiger charge is -2.29. The number of benzene rings is 1. The highest BCUT2D eigenvalue weighted by Crippen LogP contribution is 2.40. The van der Waals surface area contributed by atoms with Crippen LogP contribution in [0.2, 0.25) is 0 Å². The summed E-state index contributed by atoms with van der Waals surface area (Å²) < 4.78 is 13.9. The summed E-state index contributed by atoms with van der Waals surface area (Å²) in [5.74, 6) is -0.495. The molecular formula is C16H13BrFN3. The molecule has 1 aromatic rings. The Kier molecular flexibility index (Phi) is 3.64. The van der Waals surface area contributed by atoms with Gasteiger partial charge in [-0.15, -0.1) is 0 Å². The van der Waals surface area contributed by atoms with Gasteiger partial charge in [0.25, 0.3) is 0 Å². The largest absolute Gasteiger partial charge is 0.390 e. The molecule has 2 aliphatic heterocycles. The van der Waals surface area contributed by atoms with Gasteiger partial charge in [-0.1, -0.05) is 6.07 Å². The van der Waals surface area contributed by atoms with Crippen LogP contribution in [0.4, 0.5) is 4.39 Å². The predicted molar refractivity (Wildman–Crippen MR) is 83.3 cm³/mol. The molecule has 2 heterocycles. The second-order valence-electron chi connectivity index (χ2n) is 5.08. The van der Waals surface area contributed by atoms with Gasteiger partial charge in [0.05, 0.1) is 21.8 Å². The highest BCUT2D eigenvalue weighted by atomic mass is 79.9. The van der Waals surface area contributed by atoms with Crippen LogP contribution in [-0.4, -0.2) is 12.3 Å². The molecule has 21 heavy (non-hydrogen) atoms. The van der Waals surface area contributed by atoms with E-state index >= 15 is 0 Å². The zero-order valence-corrected chi connectivity index (χ0v) is 13.0. The van der Waals surface area contributed by atoms with Gasteiger partial charge in [0.15, 0.2) is 0 Å². The number of fused-ring (bicyclic) bond motifs is 1. The van der Waals surface area contributed by atoms with Crippen LogP contribution in [0.3, 0.4) is 0 Å². The Bertz CT molecular complexity index is 740. The number of nitrogens with zero attached hydrogens (tertiary/aromatic N) is 2. The summed E-state index contributed by atoms with van der Waals surface area (Å²) in [5, 5.41) is 12.7. The van der Waals surface area contributed by atoms with E-state index in [-0.39, 0.29) is 11.7 Å². The maximum absolute atomic E-state index is 13.5. The van der Waals surface area contributed by atoms with Gasteiger partial charge in [0.2, 0.25) is 0 Å². The summed E-state index contributed by atoms with van der Waals surface area (Å²) in [6.45, 7) is 2.70. The highest BCUT2D eigenvalue weighted by Gasteiger charge is 2.31. The molecule has 0 aliphatic carbocycles. The molecule has 1 unspecified atom stereocenters. The molecule has 1 N–H and O–H groups in total. The van der Waals surface area contributed by atoms with Crippen LogP contribution < -0.4 is 5.32 Å². The molecule has 3 nitrogen and oxygen atoms in total. The van der Waals surface area contributed by atoms with Gasteiger partial charge in [0.1, 0.15) is 5.82 Å². The van der Waals surface area contributed by atoms with Crippen molar-refractivity contribution >= 4 is 21.6 Å². The van der Waals surface area contributed by atoms with Crippen molar-refractivity contribution in [2.75, 3.05) is 6.54 Å². The first-order valence-electron chi connectivity index (χ1n) is 6.69. The minimum absolute atomic E-state index is 0.188. The minimum Gasteiger partial charge on any atom is -0.390 e. The highest BCUT2D eigenvalue weighted by molar-refractivity contribution is 9.10. The third-order valence-electron chi connectivity index (χ3n) is 3.79. The van der Waals surface area contributed by atoms with E-state index in [0.29, 0.717) is 10.0 Å². The van der Waals surface area contributed by atoms with Crippen LogP contribution in [0.25, 0.3) is 0 Å². The molecule has 0 saturated carbocycles. The molecule has 2 aliphatic rings. The van der Waals surface area contributed by atoms with E-state index in [2.05, 4.69) is 32.3 Å². The molecule has 106 valence electrons. The van der Waals surface area contributed by atoms with Crippen molar-refractivity contribution in [2.45, 2.75) is 19.3 Å². The third kappa shape index (κ3) is 2.40. The zero-order valence-electron chi connectivity index (χ0n) is 11.5. The van der Waals surface area contributed by atoms with Gasteiger partial charge in [-0.2, -0.15) is 5.26 Å². The smallest absolute Gasteiger partial charge is 0.137 e. The van der Waals surface area contributed by atoms with Crippen LogP contribution in [0.1, 0.15) is 24.8 Å². The average Bonchev–Trinajstić information content (AvgIpc) is 2.48. The van der Waals surface area contributed by atoms with Crippen molar-refractivity contribution < 1.29 is 4.39 Å². The third-order valence-corrected chi connectivity index (χ3v) is 4.39. The van der Waals surface area contributed by atoms with Crippen molar-refractivity contribution in [1.29, 1.82) is 5.26 Å². The summed E-state index contributed by atoms with van der Waals surface area (Å²) >= 11 is 3.22. The maximum atomic E-state index is 13.5.